The SMILES string of the molecule is CN(C=O)C(=O)OCC1c2ccccc2-c2ccccc21. The third-order valence-corrected chi connectivity index (χ3v) is 3.78. The van der Waals surface area contributed by atoms with Gasteiger partial charge in [-0.1, -0.05) is 48.5 Å². The van der Waals surface area contributed by atoms with Gasteiger partial charge < -0.3 is 4.74 Å². The van der Waals surface area contributed by atoms with Crippen molar-refractivity contribution in [1.29, 1.82) is 0 Å². The number of benzene rings is 2. The number of nitrogens with zero attached hydrogens (tertiary/aromatic N) is 1. The number of carbonyl (C=O) groups excluding carboxylic acids is 2. The highest BCUT2D eigenvalue weighted by Gasteiger charge is 2.29. The van der Waals surface area contributed by atoms with Gasteiger partial charge in [0.1, 0.15) is 6.61 Å². The van der Waals surface area contributed by atoms with E-state index in [1.807, 2.05) is 24.3 Å². The lowest BCUT2D eigenvalue weighted by Gasteiger charge is -2.16. The highest BCUT2D eigenvalue weighted by molar-refractivity contribution is 5.81. The van der Waals surface area contributed by atoms with Gasteiger partial charge in [0.25, 0.3) is 0 Å². The maximum Gasteiger partial charge on any atom is 0.416 e. The first-order valence-corrected chi connectivity index (χ1v) is 6.75. The Bertz CT molecular complexity index is 650. The van der Waals surface area contributed by atoms with Crippen LogP contribution in [0.3, 0.4) is 0 Å². The van der Waals surface area contributed by atoms with Gasteiger partial charge in [-0.3, -0.25) is 9.69 Å². The molecule has 106 valence electrons. The van der Waals surface area contributed by atoms with E-state index in [0.29, 0.717) is 6.41 Å². The van der Waals surface area contributed by atoms with Crippen LogP contribution in [0, 0.1) is 0 Å². The zero-order chi connectivity index (χ0) is 14.8. The van der Waals surface area contributed by atoms with Crippen LogP contribution < -0.4 is 0 Å². The van der Waals surface area contributed by atoms with Crippen molar-refractivity contribution < 1.29 is 14.3 Å². The maximum absolute atomic E-state index is 11.6. The normalized spacial score (nSPS) is 12.4. The van der Waals surface area contributed by atoms with Gasteiger partial charge in [-0.25, -0.2) is 4.79 Å². The number of ether oxygens (including phenoxy) is 1. The molecule has 2 aromatic rings. The lowest BCUT2D eigenvalue weighted by molar-refractivity contribution is -0.115. The predicted octanol–water partition coefficient (Wildman–Crippen LogP) is 3.02. The molecule has 0 fully saturated rings. The van der Waals surface area contributed by atoms with E-state index in [4.69, 9.17) is 4.74 Å². The smallest absolute Gasteiger partial charge is 0.416 e. The minimum atomic E-state index is -0.633. The van der Waals surface area contributed by atoms with E-state index in [-0.39, 0.29) is 12.5 Å². The summed E-state index contributed by atoms with van der Waals surface area (Å²) in [6.07, 6.45) is -0.189. The van der Waals surface area contributed by atoms with Crippen LogP contribution in [0.5, 0.6) is 0 Å². The molecule has 0 unspecified atom stereocenters. The lowest BCUT2D eigenvalue weighted by atomic mass is 9.98. The number of rotatable bonds is 3. The lowest BCUT2D eigenvalue weighted by Crippen LogP contribution is -2.27. The molecule has 0 N–H and O–H groups in total. The maximum atomic E-state index is 11.6. The van der Waals surface area contributed by atoms with Gasteiger partial charge in [-0.2, -0.15) is 0 Å². The first-order valence-electron chi connectivity index (χ1n) is 6.75. The Hall–Kier alpha value is -2.62. The van der Waals surface area contributed by atoms with Crippen molar-refractivity contribution in [2.45, 2.75) is 5.92 Å². The van der Waals surface area contributed by atoms with Crippen LogP contribution in [0.25, 0.3) is 11.1 Å². The van der Waals surface area contributed by atoms with Crippen LogP contribution in [0.2, 0.25) is 0 Å². The minimum Gasteiger partial charge on any atom is -0.448 e. The average Bonchev–Trinajstić information content (AvgIpc) is 2.86. The monoisotopic (exact) mass is 281 g/mol. The van der Waals surface area contributed by atoms with Gasteiger partial charge in [0.15, 0.2) is 0 Å². The molecule has 0 atom stereocenters. The van der Waals surface area contributed by atoms with Crippen molar-refractivity contribution >= 4 is 12.5 Å². The predicted molar refractivity (Wildman–Crippen MR) is 78.9 cm³/mol. The van der Waals surface area contributed by atoms with Crippen molar-refractivity contribution in [3.63, 3.8) is 0 Å². The minimum absolute atomic E-state index is 0.0152. The van der Waals surface area contributed by atoms with E-state index in [9.17, 15) is 9.59 Å². The van der Waals surface area contributed by atoms with Gasteiger partial charge in [0, 0.05) is 13.0 Å². The molecule has 2 amide bonds. The van der Waals surface area contributed by atoms with E-state index in [1.165, 1.54) is 18.2 Å². The van der Waals surface area contributed by atoms with Crippen LogP contribution in [0.15, 0.2) is 48.5 Å². The number of fused-ring (bicyclic) bond motifs is 3. The van der Waals surface area contributed by atoms with Gasteiger partial charge >= 0.3 is 6.09 Å². The second-order valence-electron chi connectivity index (χ2n) is 5.02. The molecule has 0 aliphatic heterocycles. The quantitative estimate of drug-likeness (QED) is 0.812. The van der Waals surface area contributed by atoms with Crippen molar-refractivity contribution in [2.75, 3.05) is 13.7 Å². The number of hydrogen-bond donors (Lipinski definition) is 0. The summed E-state index contributed by atoms with van der Waals surface area (Å²) >= 11 is 0. The van der Waals surface area contributed by atoms with E-state index >= 15 is 0 Å². The molecule has 0 saturated carbocycles. The first-order chi connectivity index (χ1) is 10.2. The molecular weight excluding hydrogens is 266 g/mol. The van der Waals surface area contributed by atoms with Crippen LogP contribution >= 0.6 is 0 Å². The van der Waals surface area contributed by atoms with Crippen LogP contribution in [0.4, 0.5) is 4.79 Å². The first kappa shape index (κ1) is 13.4. The fraction of sp³-hybridized carbons (Fsp3) is 0.176. The zero-order valence-corrected chi connectivity index (χ0v) is 11.7. The average molecular weight is 281 g/mol. The summed E-state index contributed by atoms with van der Waals surface area (Å²) in [5, 5.41) is 0. The van der Waals surface area contributed by atoms with Crippen LogP contribution in [-0.4, -0.2) is 31.1 Å². The molecule has 1 aliphatic carbocycles. The van der Waals surface area contributed by atoms with Crippen molar-refractivity contribution in [1.82, 2.24) is 4.90 Å². The molecule has 0 aromatic heterocycles. The molecule has 0 radical (unpaired) electrons. The summed E-state index contributed by atoms with van der Waals surface area (Å²) in [7, 11) is 1.38. The van der Waals surface area contributed by atoms with Crippen molar-refractivity contribution in [3.05, 3.63) is 59.7 Å². The molecular formula is C17H15NO3. The van der Waals surface area contributed by atoms with Gasteiger partial charge in [-0.15, -0.1) is 0 Å². The fourth-order valence-corrected chi connectivity index (χ4v) is 2.74. The van der Waals surface area contributed by atoms with E-state index < -0.39 is 6.09 Å². The number of imide groups is 1. The molecule has 0 bridgehead atoms. The summed E-state index contributed by atoms with van der Waals surface area (Å²) < 4.78 is 5.25. The van der Waals surface area contributed by atoms with Crippen molar-refractivity contribution in [3.8, 4) is 11.1 Å². The molecule has 2 aromatic carbocycles. The number of carbonyl (C=O) groups is 2. The summed E-state index contributed by atoms with van der Waals surface area (Å²) in [5.74, 6) is 0.0152. The van der Waals surface area contributed by atoms with E-state index in [2.05, 4.69) is 24.3 Å². The summed E-state index contributed by atoms with van der Waals surface area (Å²) in [6, 6.07) is 16.2. The molecule has 0 heterocycles. The Morgan fingerprint density at radius 3 is 2.14 bits per heavy atom. The molecule has 4 nitrogen and oxygen atoms in total. The molecule has 0 spiro atoms. The highest BCUT2D eigenvalue weighted by atomic mass is 16.6. The molecule has 3 rings (SSSR count). The molecule has 4 heteroatoms. The second-order valence-corrected chi connectivity index (χ2v) is 5.02. The fourth-order valence-electron chi connectivity index (χ4n) is 2.74. The largest absolute Gasteiger partial charge is 0.448 e. The Morgan fingerprint density at radius 2 is 1.62 bits per heavy atom. The Morgan fingerprint density at radius 1 is 1.10 bits per heavy atom. The van der Waals surface area contributed by atoms with Gasteiger partial charge in [0.05, 0.1) is 0 Å². The van der Waals surface area contributed by atoms with Crippen LogP contribution in [-0.2, 0) is 9.53 Å². The van der Waals surface area contributed by atoms with Gasteiger partial charge in [0.2, 0.25) is 6.41 Å². The van der Waals surface area contributed by atoms with Crippen molar-refractivity contribution in [2.24, 2.45) is 0 Å². The third kappa shape index (κ3) is 2.29. The number of hydrogen-bond acceptors (Lipinski definition) is 3. The Labute approximate surface area is 123 Å². The Kier molecular flexibility index (Phi) is 3.44. The number of amides is 2. The molecule has 21 heavy (non-hydrogen) atoms. The topological polar surface area (TPSA) is 46.6 Å². The second kappa shape index (κ2) is 5.40. The van der Waals surface area contributed by atoms with E-state index in [0.717, 1.165) is 16.0 Å². The third-order valence-electron chi connectivity index (χ3n) is 3.78. The molecule has 0 saturated heterocycles. The summed E-state index contributed by atoms with van der Waals surface area (Å²) in [6.45, 7) is 0.227. The summed E-state index contributed by atoms with van der Waals surface area (Å²) in [4.78, 5) is 23.1. The molecule has 1 aliphatic rings. The van der Waals surface area contributed by atoms with Gasteiger partial charge in [-0.05, 0) is 22.3 Å². The summed E-state index contributed by atoms with van der Waals surface area (Å²) in [5.41, 5.74) is 4.66. The highest BCUT2D eigenvalue weighted by Crippen LogP contribution is 2.44. The van der Waals surface area contributed by atoms with Crippen LogP contribution in [0.1, 0.15) is 17.0 Å². The Balaban J connectivity index is 1.89. The van der Waals surface area contributed by atoms with E-state index in [1.54, 1.807) is 0 Å². The standard InChI is InChI=1S/C17H15NO3/c1-18(11-19)17(20)21-10-16-14-8-4-2-6-12(14)13-7-3-5-9-15(13)16/h2-9,11,16H,10H2,1H3. The zero-order valence-electron chi connectivity index (χ0n) is 11.7.